The Labute approximate surface area is 185 Å². The number of amides is 2. The lowest BCUT2D eigenvalue weighted by molar-refractivity contribution is -0.128. The van der Waals surface area contributed by atoms with Crippen LogP contribution in [-0.4, -0.2) is 28.6 Å². The molecule has 0 radical (unpaired) electrons. The molecule has 1 atom stereocenters. The maximum absolute atomic E-state index is 12.7. The van der Waals surface area contributed by atoms with Crippen LogP contribution >= 0.6 is 11.8 Å². The molecule has 0 saturated carbocycles. The molecule has 1 aliphatic rings. The molecule has 0 aliphatic carbocycles. The van der Waals surface area contributed by atoms with E-state index in [9.17, 15) is 9.59 Å². The Morgan fingerprint density at radius 1 is 1.19 bits per heavy atom. The van der Waals surface area contributed by atoms with Gasteiger partial charge in [0.1, 0.15) is 16.9 Å². The molecule has 0 spiro atoms. The molecule has 3 aromatic rings. The van der Waals surface area contributed by atoms with Gasteiger partial charge in [0.05, 0.1) is 24.7 Å². The van der Waals surface area contributed by atoms with Crippen LogP contribution in [0.2, 0.25) is 0 Å². The Morgan fingerprint density at radius 3 is 2.71 bits per heavy atom. The van der Waals surface area contributed by atoms with Crippen molar-refractivity contribution in [3.8, 4) is 5.75 Å². The number of ether oxygens (including phenoxy) is 1. The van der Waals surface area contributed by atoms with E-state index in [1.54, 1.807) is 41.1 Å². The molecule has 1 N–H and O–H groups in total. The zero-order valence-corrected chi connectivity index (χ0v) is 18.2. The molecule has 1 saturated heterocycles. The molecule has 2 amide bonds. The van der Waals surface area contributed by atoms with E-state index in [0.717, 1.165) is 11.3 Å². The molecule has 2 heterocycles. The minimum atomic E-state index is -0.198. The Morgan fingerprint density at radius 2 is 2.00 bits per heavy atom. The van der Waals surface area contributed by atoms with Gasteiger partial charge in [0.2, 0.25) is 5.91 Å². The van der Waals surface area contributed by atoms with Gasteiger partial charge in [-0.1, -0.05) is 18.2 Å². The lowest BCUT2D eigenvalue weighted by Gasteiger charge is -2.23. The van der Waals surface area contributed by atoms with E-state index in [0.29, 0.717) is 29.3 Å². The summed E-state index contributed by atoms with van der Waals surface area (Å²) in [7, 11) is 0. The molecule has 0 bridgehead atoms. The summed E-state index contributed by atoms with van der Waals surface area (Å²) in [6.07, 6.45) is 1.67. The van der Waals surface area contributed by atoms with Crippen molar-refractivity contribution in [2.24, 2.45) is 0 Å². The van der Waals surface area contributed by atoms with E-state index in [4.69, 9.17) is 9.15 Å². The molecular formula is C24H24N2O4S. The second-order valence-corrected chi connectivity index (χ2v) is 8.60. The Hall–Kier alpha value is -3.19. The summed E-state index contributed by atoms with van der Waals surface area (Å²) in [6, 6.07) is 18.4. The fourth-order valence-corrected chi connectivity index (χ4v) is 4.58. The van der Waals surface area contributed by atoms with Crippen LogP contribution in [-0.2, 0) is 11.3 Å². The van der Waals surface area contributed by atoms with E-state index in [-0.39, 0.29) is 23.3 Å². The smallest absolute Gasteiger partial charge is 0.255 e. The average Bonchev–Trinajstić information content (AvgIpc) is 3.39. The minimum Gasteiger partial charge on any atom is -0.491 e. The van der Waals surface area contributed by atoms with Crippen molar-refractivity contribution in [1.29, 1.82) is 0 Å². The molecule has 160 valence electrons. The molecule has 31 heavy (non-hydrogen) atoms. The number of hydrogen-bond donors (Lipinski definition) is 1. The summed E-state index contributed by atoms with van der Waals surface area (Å²) in [5.41, 5.74) is 2.20. The summed E-state index contributed by atoms with van der Waals surface area (Å²) < 4.78 is 11.1. The molecular weight excluding hydrogens is 412 g/mol. The van der Waals surface area contributed by atoms with Gasteiger partial charge in [0.15, 0.2) is 0 Å². The Kier molecular flexibility index (Phi) is 6.32. The maximum Gasteiger partial charge on any atom is 0.255 e. The van der Waals surface area contributed by atoms with Crippen molar-refractivity contribution in [2.45, 2.75) is 31.9 Å². The van der Waals surface area contributed by atoms with E-state index in [2.05, 4.69) is 5.32 Å². The molecule has 1 aromatic heterocycles. The van der Waals surface area contributed by atoms with Gasteiger partial charge in [-0.15, -0.1) is 11.8 Å². The minimum absolute atomic E-state index is 0.0613. The predicted octanol–water partition coefficient (Wildman–Crippen LogP) is 5.09. The van der Waals surface area contributed by atoms with Crippen molar-refractivity contribution in [2.75, 3.05) is 11.1 Å². The van der Waals surface area contributed by atoms with Crippen LogP contribution in [0.5, 0.6) is 5.75 Å². The molecule has 1 aliphatic heterocycles. The van der Waals surface area contributed by atoms with Gasteiger partial charge in [-0.3, -0.25) is 9.59 Å². The number of nitrogens with one attached hydrogen (secondary N) is 1. The summed E-state index contributed by atoms with van der Waals surface area (Å²) in [6.45, 7) is 4.35. The maximum atomic E-state index is 12.7. The van der Waals surface area contributed by atoms with Crippen LogP contribution in [0.3, 0.4) is 0 Å². The van der Waals surface area contributed by atoms with Crippen LogP contribution in [0.15, 0.2) is 71.3 Å². The molecule has 1 fully saturated rings. The second kappa shape index (κ2) is 9.31. The molecule has 0 unspecified atom stereocenters. The number of hydrogen-bond acceptors (Lipinski definition) is 5. The SMILES string of the molecule is CC(C)Oc1cccc(NC(=O)c2ccc([C@@H]3SCC(=O)N3Cc3ccco3)cc2)c1. The zero-order chi connectivity index (χ0) is 21.8. The number of anilines is 1. The summed E-state index contributed by atoms with van der Waals surface area (Å²) >= 11 is 1.58. The number of benzene rings is 2. The number of furan rings is 1. The fourth-order valence-electron chi connectivity index (χ4n) is 3.39. The third-order valence-electron chi connectivity index (χ3n) is 4.80. The number of nitrogens with zero attached hydrogens (tertiary/aromatic N) is 1. The number of thioether (sulfide) groups is 1. The summed E-state index contributed by atoms with van der Waals surface area (Å²) in [4.78, 5) is 26.8. The van der Waals surface area contributed by atoms with Crippen LogP contribution in [0.4, 0.5) is 5.69 Å². The van der Waals surface area contributed by atoms with Crippen LogP contribution < -0.4 is 10.1 Å². The molecule has 7 heteroatoms. The monoisotopic (exact) mass is 436 g/mol. The van der Waals surface area contributed by atoms with Crippen molar-refractivity contribution in [1.82, 2.24) is 4.90 Å². The van der Waals surface area contributed by atoms with Gasteiger partial charge in [0, 0.05) is 17.3 Å². The molecule has 4 rings (SSSR count). The first kappa shape index (κ1) is 21.1. The summed E-state index contributed by atoms with van der Waals surface area (Å²) in [5.74, 6) is 1.78. The number of rotatable bonds is 7. The summed E-state index contributed by atoms with van der Waals surface area (Å²) in [5, 5.41) is 2.81. The molecule has 2 aromatic carbocycles. The highest BCUT2D eigenvalue weighted by Gasteiger charge is 2.33. The van der Waals surface area contributed by atoms with Gasteiger partial charge in [0.25, 0.3) is 5.91 Å². The van der Waals surface area contributed by atoms with Gasteiger partial charge in [-0.05, 0) is 55.8 Å². The van der Waals surface area contributed by atoms with Gasteiger partial charge in [-0.25, -0.2) is 0 Å². The van der Waals surface area contributed by atoms with Crippen molar-refractivity contribution in [3.63, 3.8) is 0 Å². The highest BCUT2D eigenvalue weighted by molar-refractivity contribution is 8.00. The first-order chi connectivity index (χ1) is 15.0. The Bertz CT molecular complexity index is 1050. The van der Waals surface area contributed by atoms with E-state index in [1.165, 1.54) is 0 Å². The normalized spacial score (nSPS) is 16.0. The van der Waals surface area contributed by atoms with Crippen molar-refractivity contribution in [3.05, 3.63) is 83.8 Å². The molecule has 6 nitrogen and oxygen atoms in total. The predicted molar refractivity (Wildman–Crippen MR) is 121 cm³/mol. The Balaban J connectivity index is 1.44. The standard InChI is InChI=1S/C24H24N2O4S/c1-16(2)30-20-6-3-5-19(13-20)25-23(28)17-8-10-18(11-9-17)24-26(22(27)15-31-24)14-21-7-4-12-29-21/h3-13,16,24H,14-15H2,1-2H3,(H,25,28)/t24-/m0/s1. The zero-order valence-electron chi connectivity index (χ0n) is 17.4. The van der Waals surface area contributed by atoms with Gasteiger partial charge < -0.3 is 19.4 Å². The third kappa shape index (κ3) is 5.11. The average molecular weight is 437 g/mol. The fraction of sp³-hybridized carbons (Fsp3) is 0.250. The van der Waals surface area contributed by atoms with E-state index in [1.807, 2.05) is 56.3 Å². The van der Waals surface area contributed by atoms with Crippen molar-refractivity contribution >= 4 is 29.3 Å². The van der Waals surface area contributed by atoms with E-state index < -0.39 is 0 Å². The lowest BCUT2D eigenvalue weighted by Crippen LogP contribution is -2.27. The van der Waals surface area contributed by atoms with Crippen molar-refractivity contribution < 1.29 is 18.7 Å². The lowest BCUT2D eigenvalue weighted by atomic mass is 10.1. The first-order valence-corrected chi connectivity index (χ1v) is 11.2. The highest BCUT2D eigenvalue weighted by Crippen LogP contribution is 2.39. The highest BCUT2D eigenvalue weighted by atomic mass is 32.2. The van der Waals surface area contributed by atoms with Crippen LogP contribution in [0.25, 0.3) is 0 Å². The number of carbonyl (C=O) groups is 2. The first-order valence-electron chi connectivity index (χ1n) is 10.1. The largest absolute Gasteiger partial charge is 0.491 e. The quantitative estimate of drug-likeness (QED) is 0.558. The van der Waals surface area contributed by atoms with Gasteiger partial charge >= 0.3 is 0 Å². The number of carbonyl (C=O) groups excluding carboxylic acids is 2. The van der Waals surface area contributed by atoms with Crippen LogP contribution in [0.1, 0.15) is 40.9 Å². The topological polar surface area (TPSA) is 71.8 Å². The van der Waals surface area contributed by atoms with Crippen LogP contribution in [0, 0.1) is 0 Å². The van der Waals surface area contributed by atoms with Gasteiger partial charge in [-0.2, -0.15) is 0 Å². The third-order valence-corrected chi connectivity index (χ3v) is 6.05. The second-order valence-electron chi connectivity index (χ2n) is 7.53. The van der Waals surface area contributed by atoms with E-state index >= 15 is 0 Å².